The van der Waals surface area contributed by atoms with Crippen LogP contribution in [0.5, 0.6) is 0 Å². The summed E-state index contributed by atoms with van der Waals surface area (Å²) in [7, 11) is 0. The first-order chi connectivity index (χ1) is 9.81. The van der Waals surface area contributed by atoms with Crippen molar-refractivity contribution >= 4 is 44.1 Å². The van der Waals surface area contributed by atoms with Crippen molar-refractivity contribution in [1.82, 2.24) is 9.97 Å². The van der Waals surface area contributed by atoms with Crippen LogP contribution in [0.1, 0.15) is 0 Å². The molecule has 4 rings (SSSR count). The molecule has 2 aromatic heterocycles. The molecule has 4 heteroatoms. The van der Waals surface area contributed by atoms with Gasteiger partial charge >= 0.3 is 0 Å². The Balaban J connectivity index is 1.98. The van der Waals surface area contributed by atoms with Crippen LogP contribution in [0.2, 0.25) is 5.02 Å². The molecule has 2 nitrogen and oxygen atoms in total. The van der Waals surface area contributed by atoms with E-state index in [0.717, 1.165) is 32.0 Å². The zero-order chi connectivity index (χ0) is 13.5. The fourth-order valence-corrected chi connectivity index (χ4v) is 3.44. The summed E-state index contributed by atoms with van der Waals surface area (Å²) in [5.41, 5.74) is 3.03. The molecule has 0 atom stereocenters. The number of fused-ring (bicyclic) bond motifs is 3. The average Bonchev–Trinajstić information content (AvgIpc) is 2.92. The largest absolute Gasteiger partial charge is 0.254 e. The van der Waals surface area contributed by atoms with Crippen LogP contribution in [-0.4, -0.2) is 9.97 Å². The smallest absolute Gasteiger partial charge is 0.124 e. The molecule has 0 aliphatic rings. The first kappa shape index (κ1) is 11.8. The average molecular weight is 297 g/mol. The van der Waals surface area contributed by atoms with Gasteiger partial charge < -0.3 is 0 Å². The molecule has 0 unspecified atom stereocenters. The van der Waals surface area contributed by atoms with Crippen molar-refractivity contribution in [3.05, 3.63) is 59.8 Å². The van der Waals surface area contributed by atoms with Crippen LogP contribution in [0.25, 0.3) is 31.7 Å². The van der Waals surface area contributed by atoms with E-state index in [4.69, 9.17) is 11.6 Å². The van der Waals surface area contributed by atoms with Gasteiger partial charge in [0.2, 0.25) is 0 Å². The number of para-hydroxylation sites is 1. The van der Waals surface area contributed by atoms with Crippen LogP contribution in [0, 0.1) is 0 Å². The molecule has 0 aliphatic heterocycles. The van der Waals surface area contributed by atoms with E-state index in [2.05, 4.69) is 16.0 Å². The van der Waals surface area contributed by atoms with E-state index in [9.17, 15) is 0 Å². The molecule has 0 radical (unpaired) electrons. The summed E-state index contributed by atoms with van der Waals surface area (Å²) in [6, 6.07) is 15.9. The van der Waals surface area contributed by atoms with Gasteiger partial charge in [0.05, 0.1) is 16.4 Å². The van der Waals surface area contributed by atoms with Gasteiger partial charge in [-0.1, -0.05) is 41.9 Å². The molecule has 0 bridgehead atoms. The Bertz CT molecular complexity index is 913. The number of benzene rings is 2. The number of nitrogens with zero attached hydrogens (tertiary/aromatic N) is 2. The van der Waals surface area contributed by atoms with Crippen LogP contribution in [0.15, 0.2) is 54.7 Å². The maximum Gasteiger partial charge on any atom is 0.124 e. The predicted molar refractivity (Wildman–Crippen MR) is 85.4 cm³/mol. The molecular weight excluding hydrogens is 288 g/mol. The molecule has 0 spiro atoms. The molecule has 0 saturated carbocycles. The number of hydrogen-bond acceptors (Lipinski definition) is 3. The highest BCUT2D eigenvalue weighted by atomic mass is 35.5. The molecular formula is C16H9ClN2S. The van der Waals surface area contributed by atoms with E-state index in [1.807, 2.05) is 48.7 Å². The van der Waals surface area contributed by atoms with E-state index in [1.165, 1.54) is 4.70 Å². The van der Waals surface area contributed by atoms with Gasteiger partial charge in [-0.15, -0.1) is 11.3 Å². The summed E-state index contributed by atoms with van der Waals surface area (Å²) in [4.78, 5) is 9.13. The Hall–Kier alpha value is -1.97. The molecule has 0 fully saturated rings. The standard InChI is InChI=1S/C16H9ClN2S/c17-11-7-5-10(6-8-11)16-19-14-9-18-13-4-2-1-3-12(13)15(14)20-16/h1-9H. The number of aromatic nitrogens is 2. The normalized spacial score (nSPS) is 11.2. The highest BCUT2D eigenvalue weighted by Crippen LogP contribution is 2.34. The number of pyridine rings is 1. The minimum absolute atomic E-state index is 0.738. The third kappa shape index (κ3) is 1.87. The second-order valence-electron chi connectivity index (χ2n) is 4.52. The van der Waals surface area contributed by atoms with Gasteiger partial charge in [-0.25, -0.2) is 4.98 Å². The Morgan fingerprint density at radius 1 is 0.900 bits per heavy atom. The summed E-state index contributed by atoms with van der Waals surface area (Å²) in [6.07, 6.45) is 1.84. The number of hydrogen-bond donors (Lipinski definition) is 0. The van der Waals surface area contributed by atoms with E-state index in [-0.39, 0.29) is 0 Å². The molecule has 2 heterocycles. The number of rotatable bonds is 1. The fourth-order valence-electron chi connectivity index (χ4n) is 2.24. The van der Waals surface area contributed by atoms with Crippen molar-refractivity contribution in [2.75, 3.05) is 0 Å². The molecule has 0 aliphatic carbocycles. The quantitative estimate of drug-likeness (QED) is 0.484. The maximum absolute atomic E-state index is 5.93. The second-order valence-corrected chi connectivity index (χ2v) is 5.95. The molecule has 0 amide bonds. The third-order valence-electron chi connectivity index (χ3n) is 3.22. The highest BCUT2D eigenvalue weighted by Gasteiger charge is 2.09. The van der Waals surface area contributed by atoms with Gasteiger partial charge in [0.15, 0.2) is 0 Å². The van der Waals surface area contributed by atoms with E-state index >= 15 is 0 Å². The van der Waals surface area contributed by atoms with Gasteiger partial charge in [0.25, 0.3) is 0 Å². The molecule has 0 N–H and O–H groups in total. The monoisotopic (exact) mass is 296 g/mol. The van der Waals surface area contributed by atoms with E-state index in [1.54, 1.807) is 11.3 Å². The molecule has 2 aromatic carbocycles. The molecule has 0 saturated heterocycles. The summed E-state index contributed by atoms with van der Waals surface area (Å²) in [5, 5.41) is 2.89. The SMILES string of the molecule is Clc1ccc(-c2nc3cnc4ccccc4c3s2)cc1. The van der Waals surface area contributed by atoms with Crippen LogP contribution >= 0.6 is 22.9 Å². The van der Waals surface area contributed by atoms with Gasteiger partial charge in [-0.05, 0) is 18.2 Å². The minimum Gasteiger partial charge on any atom is -0.254 e. The lowest BCUT2D eigenvalue weighted by molar-refractivity contribution is 1.40. The summed E-state index contributed by atoms with van der Waals surface area (Å²) in [5.74, 6) is 0. The zero-order valence-corrected chi connectivity index (χ0v) is 11.9. The van der Waals surface area contributed by atoms with Crippen LogP contribution < -0.4 is 0 Å². The summed E-state index contributed by atoms with van der Waals surface area (Å²) >= 11 is 7.62. The lowest BCUT2D eigenvalue weighted by atomic mass is 10.2. The predicted octanol–water partition coefficient (Wildman–Crippen LogP) is 5.16. The zero-order valence-electron chi connectivity index (χ0n) is 10.4. The number of halogens is 1. The lowest BCUT2D eigenvalue weighted by Gasteiger charge is -1.95. The summed E-state index contributed by atoms with van der Waals surface area (Å²) < 4.78 is 1.18. The van der Waals surface area contributed by atoms with Gasteiger partial charge in [0, 0.05) is 16.0 Å². The van der Waals surface area contributed by atoms with Gasteiger partial charge in [-0.3, -0.25) is 4.98 Å². The minimum atomic E-state index is 0.738. The van der Waals surface area contributed by atoms with Crippen LogP contribution in [0.3, 0.4) is 0 Å². The van der Waals surface area contributed by atoms with Crippen LogP contribution in [-0.2, 0) is 0 Å². The van der Waals surface area contributed by atoms with Gasteiger partial charge in [-0.2, -0.15) is 0 Å². The Morgan fingerprint density at radius 2 is 1.70 bits per heavy atom. The Morgan fingerprint density at radius 3 is 2.55 bits per heavy atom. The van der Waals surface area contributed by atoms with E-state index in [0.29, 0.717) is 0 Å². The third-order valence-corrected chi connectivity index (χ3v) is 4.62. The lowest BCUT2D eigenvalue weighted by Crippen LogP contribution is -1.78. The van der Waals surface area contributed by atoms with Crippen molar-refractivity contribution in [3.63, 3.8) is 0 Å². The van der Waals surface area contributed by atoms with Crippen molar-refractivity contribution < 1.29 is 0 Å². The van der Waals surface area contributed by atoms with Crippen molar-refractivity contribution in [2.45, 2.75) is 0 Å². The maximum atomic E-state index is 5.93. The summed E-state index contributed by atoms with van der Waals surface area (Å²) in [6.45, 7) is 0. The molecule has 4 aromatic rings. The van der Waals surface area contributed by atoms with Crippen LogP contribution in [0.4, 0.5) is 0 Å². The Kier molecular flexibility index (Phi) is 2.69. The van der Waals surface area contributed by atoms with Crippen molar-refractivity contribution in [3.8, 4) is 10.6 Å². The van der Waals surface area contributed by atoms with Crippen molar-refractivity contribution in [2.24, 2.45) is 0 Å². The van der Waals surface area contributed by atoms with Gasteiger partial charge in [0.1, 0.15) is 10.5 Å². The van der Waals surface area contributed by atoms with E-state index < -0.39 is 0 Å². The molecule has 96 valence electrons. The topological polar surface area (TPSA) is 25.8 Å². The second kappa shape index (κ2) is 4.54. The molecule has 20 heavy (non-hydrogen) atoms. The first-order valence-electron chi connectivity index (χ1n) is 6.21. The fraction of sp³-hybridized carbons (Fsp3) is 0. The van der Waals surface area contributed by atoms with Crippen molar-refractivity contribution in [1.29, 1.82) is 0 Å². The highest BCUT2D eigenvalue weighted by molar-refractivity contribution is 7.22. The Labute approximate surface area is 124 Å². The number of thiazole rings is 1. The first-order valence-corrected chi connectivity index (χ1v) is 7.41.